The Morgan fingerprint density at radius 3 is 2.80 bits per heavy atom. The van der Waals surface area contributed by atoms with Crippen molar-refractivity contribution in [2.75, 3.05) is 38.3 Å². The van der Waals surface area contributed by atoms with E-state index in [-0.39, 0.29) is 6.04 Å². The average Bonchev–Trinajstić information content (AvgIpc) is 3.52. The Morgan fingerprint density at radius 2 is 2.07 bits per heavy atom. The van der Waals surface area contributed by atoms with Crippen LogP contribution in [0.4, 0.5) is 5.69 Å². The molecule has 1 aromatic rings. The molecular formula is C25H32N4O. The van der Waals surface area contributed by atoms with Gasteiger partial charge in [-0.05, 0) is 43.9 Å². The summed E-state index contributed by atoms with van der Waals surface area (Å²) in [6.45, 7) is 5.52. The second-order valence-corrected chi connectivity index (χ2v) is 8.02. The molecule has 0 saturated heterocycles. The first-order valence-corrected chi connectivity index (χ1v) is 11.1. The van der Waals surface area contributed by atoms with Crippen molar-refractivity contribution in [3.8, 4) is 11.8 Å². The highest BCUT2D eigenvalue weighted by atomic mass is 16.5. The molecule has 2 aliphatic carbocycles. The molecule has 1 N–H and O–H groups in total. The minimum Gasteiger partial charge on any atom is -0.385 e. The van der Waals surface area contributed by atoms with Gasteiger partial charge in [0, 0.05) is 57.1 Å². The van der Waals surface area contributed by atoms with Gasteiger partial charge in [0.2, 0.25) is 0 Å². The number of methoxy groups -OCH3 is 1. The van der Waals surface area contributed by atoms with Crippen LogP contribution in [0.3, 0.4) is 0 Å². The van der Waals surface area contributed by atoms with Crippen LogP contribution >= 0.6 is 0 Å². The highest BCUT2D eigenvalue weighted by Gasteiger charge is 2.33. The zero-order chi connectivity index (χ0) is 20.8. The average molecular weight is 405 g/mol. The van der Waals surface area contributed by atoms with Gasteiger partial charge in [-0.3, -0.25) is 5.01 Å². The molecule has 158 valence electrons. The van der Waals surface area contributed by atoms with E-state index < -0.39 is 0 Å². The number of para-hydroxylation sites is 1. The number of nitrogens with one attached hydrogen (secondary N) is 1. The van der Waals surface area contributed by atoms with Crippen molar-refractivity contribution in [3.05, 3.63) is 53.6 Å². The van der Waals surface area contributed by atoms with Crippen LogP contribution < -0.4 is 10.2 Å². The minimum atomic E-state index is 0.00353. The monoisotopic (exact) mass is 404 g/mol. The number of fused-ring (bicyclic) bond motifs is 1. The van der Waals surface area contributed by atoms with Gasteiger partial charge in [0.05, 0.1) is 0 Å². The van der Waals surface area contributed by atoms with Crippen LogP contribution in [-0.2, 0) is 4.74 Å². The quantitative estimate of drug-likeness (QED) is 0.505. The minimum absolute atomic E-state index is 0.00353. The zero-order valence-corrected chi connectivity index (χ0v) is 18.1. The molecule has 0 bridgehead atoms. The molecule has 0 spiro atoms. The maximum Gasteiger partial charge on any atom is 0.159 e. The first-order valence-electron chi connectivity index (χ1n) is 11.1. The lowest BCUT2D eigenvalue weighted by Crippen LogP contribution is -2.33. The largest absolute Gasteiger partial charge is 0.385 e. The fourth-order valence-corrected chi connectivity index (χ4v) is 3.87. The van der Waals surface area contributed by atoms with Crippen LogP contribution in [0.2, 0.25) is 0 Å². The molecule has 30 heavy (non-hydrogen) atoms. The van der Waals surface area contributed by atoms with E-state index >= 15 is 0 Å². The standard InChI is InChI=1S/C25H32N4O/c1-3-28(22-10-5-4-6-11-22)25-23-16-13-20(19-26-21-14-15-21)9-7-12-24(23)29(27-25)17-8-18-30-2/h4-6,10-11,13,16,21,24,26H,3,8-9,14-15,17-19H2,1-2H3/b20-13+,23-16+. The summed E-state index contributed by atoms with van der Waals surface area (Å²) in [6.07, 6.45) is 8.87. The molecule has 1 saturated carbocycles. The molecule has 1 aliphatic heterocycles. The predicted molar refractivity (Wildman–Crippen MR) is 123 cm³/mol. The Balaban J connectivity index is 1.63. The number of likely N-dealkylation sites (N-methyl/N-ethyl adjacent to an activating group) is 1. The number of allylic oxidation sites excluding steroid dienone is 2. The number of rotatable bonds is 9. The van der Waals surface area contributed by atoms with Gasteiger partial charge >= 0.3 is 0 Å². The molecule has 1 aromatic carbocycles. The smallest absolute Gasteiger partial charge is 0.159 e. The van der Waals surface area contributed by atoms with E-state index in [0.717, 1.165) is 50.6 Å². The second-order valence-electron chi connectivity index (χ2n) is 8.02. The number of anilines is 1. The predicted octanol–water partition coefficient (Wildman–Crippen LogP) is 3.56. The van der Waals surface area contributed by atoms with Gasteiger partial charge in [-0.25, -0.2) is 0 Å². The Hall–Kier alpha value is -2.55. The van der Waals surface area contributed by atoms with Crippen LogP contribution in [0.15, 0.2) is 58.7 Å². The summed E-state index contributed by atoms with van der Waals surface area (Å²) >= 11 is 0. The summed E-state index contributed by atoms with van der Waals surface area (Å²) in [6, 6.07) is 11.2. The highest BCUT2D eigenvalue weighted by molar-refractivity contribution is 6.12. The fraction of sp³-hybridized carbons (Fsp3) is 0.480. The van der Waals surface area contributed by atoms with Crippen molar-refractivity contribution in [2.24, 2.45) is 5.10 Å². The van der Waals surface area contributed by atoms with Crippen molar-refractivity contribution in [1.29, 1.82) is 0 Å². The number of benzene rings is 1. The van der Waals surface area contributed by atoms with Gasteiger partial charge in [0.15, 0.2) is 5.84 Å². The Kier molecular flexibility index (Phi) is 6.88. The molecule has 0 aromatic heterocycles. The summed E-state index contributed by atoms with van der Waals surface area (Å²) in [4.78, 5) is 2.29. The molecule has 0 radical (unpaired) electrons. The third kappa shape index (κ3) is 4.95. The van der Waals surface area contributed by atoms with E-state index in [1.54, 1.807) is 7.11 Å². The topological polar surface area (TPSA) is 40.1 Å². The van der Waals surface area contributed by atoms with Crippen molar-refractivity contribution in [3.63, 3.8) is 0 Å². The molecule has 1 fully saturated rings. The SMILES string of the molecule is CCN(C1=NN(CCCOC)C2C#CC/C(CNC3CC3)=C\C=C\12)c1ccccc1. The summed E-state index contributed by atoms with van der Waals surface area (Å²) in [7, 11) is 1.75. The fourth-order valence-electron chi connectivity index (χ4n) is 3.87. The van der Waals surface area contributed by atoms with Crippen LogP contribution in [0.1, 0.15) is 32.6 Å². The number of hydrazone groups is 1. The lowest BCUT2D eigenvalue weighted by Gasteiger charge is -2.24. The van der Waals surface area contributed by atoms with Crippen LogP contribution in [0, 0.1) is 11.8 Å². The van der Waals surface area contributed by atoms with E-state index in [1.807, 2.05) is 0 Å². The number of amidine groups is 1. The first kappa shape index (κ1) is 20.7. The van der Waals surface area contributed by atoms with E-state index in [4.69, 9.17) is 9.84 Å². The maximum atomic E-state index is 5.26. The third-order valence-electron chi connectivity index (χ3n) is 5.70. The Bertz CT molecular complexity index is 873. The summed E-state index contributed by atoms with van der Waals surface area (Å²) in [5.74, 6) is 7.95. The van der Waals surface area contributed by atoms with Gasteiger partial charge in [-0.2, -0.15) is 5.10 Å². The Labute approximate surface area is 180 Å². The number of hydrogen-bond donors (Lipinski definition) is 1. The van der Waals surface area contributed by atoms with E-state index in [0.29, 0.717) is 6.04 Å². The zero-order valence-electron chi connectivity index (χ0n) is 18.1. The molecule has 5 nitrogen and oxygen atoms in total. The van der Waals surface area contributed by atoms with Crippen LogP contribution in [0.25, 0.3) is 0 Å². The lowest BCUT2D eigenvalue weighted by atomic mass is 10.0. The molecule has 1 atom stereocenters. The van der Waals surface area contributed by atoms with Gasteiger partial charge in [0.1, 0.15) is 6.04 Å². The second kappa shape index (κ2) is 9.97. The lowest BCUT2D eigenvalue weighted by molar-refractivity contribution is 0.173. The highest BCUT2D eigenvalue weighted by Crippen LogP contribution is 2.28. The molecule has 5 heteroatoms. The summed E-state index contributed by atoms with van der Waals surface area (Å²) in [5, 5.41) is 10.8. The van der Waals surface area contributed by atoms with Crippen molar-refractivity contribution < 1.29 is 4.74 Å². The van der Waals surface area contributed by atoms with E-state index in [1.165, 1.54) is 24.0 Å². The van der Waals surface area contributed by atoms with Crippen LogP contribution in [0.5, 0.6) is 0 Å². The summed E-state index contributed by atoms with van der Waals surface area (Å²) < 4.78 is 5.26. The summed E-state index contributed by atoms with van der Waals surface area (Å²) in [5.41, 5.74) is 3.70. The van der Waals surface area contributed by atoms with Gasteiger partial charge < -0.3 is 15.0 Å². The van der Waals surface area contributed by atoms with E-state index in [9.17, 15) is 0 Å². The van der Waals surface area contributed by atoms with Crippen molar-refractivity contribution >= 4 is 11.5 Å². The third-order valence-corrected chi connectivity index (χ3v) is 5.70. The Morgan fingerprint density at radius 1 is 1.23 bits per heavy atom. The molecule has 1 unspecified atom stereocenters. The number of nitrogens with zero attached hydrogens (tertiary/aromatic N) is 3. The van der Waals surface area contributed by atoms with Crippen LogP contribution in [-0.4, -0.2) is 56.3 Å². The van der Waals surface area contributed by atoms with Crippen molar-refractivity contribution in [1.82, 2.24) is 10.3 Å². The van der Waals surface area contributed by atoms with Gasteiger partial charge in [-0.1, -0.05) is 42.2 Å². The molecule has 3 aliphatic rings. The van der Waals surface area contributed by atoms with E-state index in [2.05, 4.69) is 76.5 Å². The molecule has 4 rings (SSSR count). The van der Waals surface area contributed by atoms with Gasteiger partial charge in [0.25, 0.3) is 0 Å². The molecular weight excluding hydrogens is 372 g/mol. The first-order chi connectivity index (χ1) is 14.8. The molecule has 0 amide bonds. The maximum absolute atomic E-state index is 5.26. The number of hydrogen-bond acceptors (Lipinski definition) is 5. The normalized spacial score (nSPS) is 23.7. The molecule has 1 heterocycles. The number of ether oxygens (including phenoxy) is 1. The van der Waals surface area contributed by atoms with Gasteiger partial charge in [-0.15, -0.1) is 0 Å². The van der Waals surface area contributed by atoms with Crippen molar-refractivity contribution in [2.45, 2.75) is 44.7 Å².